The summed E-state index contributed by atoms with van der Waals surface area (Å²) < 4.78 is 5.63. The van der Waals surface area contributed by atoms with Crippen LogP contribution in [-0.2, 0) is 4.79 Å². The van der Waals surface area contributed by atoms with Crippen LogP contribution in [0.15, 0.2) is 27.8 Å². The summed E-state index contributed by atoms with van der Waals surface area (Å²) >= 11 is 1.21. The van der Waals surface area contributed by atoms with Crippen LogP contribution in [0.1, 0.15) is 18.1 Å². The predicted molar refractivity (Wildman–Crippen MR) is 86.4 cm³/mol. The first-order chi connectivity index (χ1) is 10.5. The Morgan fingerprint density at radius 1 is 1.36 bits per heavy atom. The minimum atomic E-state index is -0.360. The molecule has 0 bridgehead atoms. The Balaban J connectivity index is 2.08. The van der Waals surface area contributed by atoms with E-state index in [2.05, 4.69) is 27.5 Å². The highest BCUT2D eigenvalue weighted by atomic mass is 32.2. The van der Waals surface area contributed by atoms with Crippen LogP contribution in [-0.4, -0.2) is 27.9 Å². The Morgan fingerprint density at radius 2 is 2.05 bits per heavy atom. The SMILES string of the molecule is C#CCNC(=O)C(C)Sc1nnc(-c2cc(C)cc(C)c2)o1. The van der Waals surface area contributed by atoms with Crippen LogP contribution in [0.2, 0.25) is 0 Å². The fourth-order valence-electron chi connectivity index (χ4n) is 1.96. The van der Waals surface area contributed by atoms with E-state index in [4.69, 9.17) is 10.8 Å². The van der Waals surface area contributed by atoms with Crippen molar-refractivity contribution in [1.82, 2.24) is 15.5 Å². The highest BCUT2D eigenvalue weighted by Crippen LogP contribution is 2.27. The molecule has 22 heavy (non-hydrogen) atoms. The number of nitrogens with one attached hydrogen (secondary N) is 1. The largest absolute Gasteiger partial charge is 0.411 e. The molecular weight excluding hydrogens is 298 g/mol. The van der Waals surface area contributed by atoms with Gasteiger partial charge in [0.1, 0.15) is 0 Å². The van der Waals surface area contributed by atoms with E-state index in [1.165, 1.54) is 11.8 Å². The van der Waals surface area contributed by atoms with Gasteiger partial charge in [-0.2, -0.15) is 0 Å². The molecule has 2 aromatic rings. The monoisotopic (exact) mass is 315 g/mol. The van der Waals surface area contributed by atoms with Crippen LogP contribution in [0.5, 0.6) is 0 Å². The molecule has 5 nitrogen and oxygen atoms in total. The highest BCUT2D eigenvalue weighted by molar-refractivity contribution is 8.00. The van der Waals surface area contributed by atoms with Crippen LogP contribution in [0, 0.1) is 26.2 Å². The number of aromatic nitrogens is 2. The maximum atomic E-state index is 11.8. The summed E-state index contributed by atoms with van der Waals surface area (Å²) in [4.78, 5) is 11.8. The van der Waals surface area contributed by atoms with Crippen molar-refractivity contribution in [3.8, 4) is 23.8 Å². The van der Waals surface area contributed by atoms with Crippen molar-refractivity contribution in [3.05, 3.63) is 29.3 Å². The van der Waals surface area contributed by atoms with Crippen molar-refractivity contribution in [2.45, 2.75) is 31.2 Å². The smallest absolute Gasteiger partial charge is 0.277 e. The van der Waals surface area contributed by atoms with Gasteiger partial charge in [-0.25, -0.2) is 0 Å². The summed E-state index contributed by atoms with van der Waals surface area (Å²) in [7, 11) is 0. The molecule has 0 spiro atoms. The van der Waals surface area contributed by atoms with Crippen LogP contribution >= 0.6 is 11.8 Å². The fourth-order valence-corrected chi connectivity index (χ4v) is 2.67. The summed E-state index contributed by atoms with van der Waals surface area (Å²) in [5.41, 5.74) is 3.13. The van der Waals surface area contributed by atoms with Gasteiger partial charge in [0.05, 0.1) is 11.8 Å². The average Bonchev–Trinajstić information content (AvgIpc) is 2.92. The number of rotatable bonds is 5. The second-order valence-electron chi connectivity index (χ2n) is 4.93. The lowest BCUT2D eigenvalue weighted by atomic mass is 10.1. The molecule has 1 unspecified atom stereocenters. The zero-order chi connectivity index (χ0) is 16.1. The fraction of sp³-hybridized carbons (Fsp3) is 0.312. The Labute approximate surface area is 133 Å². The minimum Gasteiger partial charge on any atom is -0.411 e. The Hall–Kier alpha value is -2.26. The molecule has 114 valence electrons. The normalized spacial score (nSPS) is 11.7. The van der Waals surface area contributed by atoms with Crippen molar-refractivity contribution in [2.24, 2.45) is 0 Å². The minimum absolute atomic E-state index is 0.158. The van der Waals surface area contributed by atoms with Gasteiger partial charge in [0, 0.05) is 5.56 Å². The molecule has 6 heteroatoms. The Bertz CT molecular complexity index is 698. The molecule has 0 fully saturated rings. The second kappa shape index (κ2) is 7.14. The molecule has 0 radical (unpaired) electrons. The molecule has 1 aromatic heterocycles. The molecule has 0 aliphatic heterocycles. The summed E-state index contributed by atoms with van der Waals surface area (Å²) in [6, 6.07) is 6.05. The lowest BCUT2D eigenvalue weighted by Gasteiger charge is -2.07. The van der Waals surface area contributed by atoms with Crippen molar-refractivity contribution < 1.29 is 9.21 Å². The number of thioether (sulfide) groups is 1. The van der Waals surface area contributed by atoms with Crippen molar-refractivity contribution >= 4 is 17.7 Å². The lowest BCUT2D eigenvalue weighted by molar-refractivity contribution is -0.120. The van der Waals surface area contributed by atoms with Gasteiger partial charge >= 0.3 is 0 Å². The van der Waals surface area contributed by atoms with Crippen molar-refractivity contribution in [2.75, 3.05) is 6.54 Å². The molecule has 1 aromatic carbocycles. The molecule has 1 N–H and O–H groups in total. The highest BCUT2D eigenvalue weighted by Gasteiger charge is 2.18. The summed E-state index contributed by atoms with van der Waals surface area (Å²) in [6.07, 6.45) is 5.11. The van der Waals surface area contributed by atoms with Gasteiger partial charge in [-0.15, -0.1) is 16.6 Å². The number of aryl methyl sites for hydroxylation is 2. The lowest BCUT2D eigenvalue weighted by Crippen LogP contribution is -2.31. The summed E-state index contributed by atoms with van der Waals surface area (Å²) in [6.45, 7) is 6.00. The molecule has 2 rings (SSSR count). The van der Waals surface area contributed by atoms with Crippen LogP contribution in [0.25, 0.3) is 11.5 Å². The van der Waals surface area contributed by atoms with Crippen LogP contribution in [0.4, 0.5) is 0 Å². The molecule has 1 heterocycles. The van der Waals surface area contributed by atoms with Gasteiger partial charge in [-0.3, -0.25) is 4.79 Å². The third-order valence-electron chi connectivity index (χ3n) is 2.89. The maximum absolute atomic E-state index is 11.8. The van der Waals surface area contributed by atoms with E-state index in [0.717, 1.165) is 16.7 Å². The average molecular weight is 315 g/mol. The van der Waals surface area contributed by atoms with Gasteiger partial charge in [0.2, 0.25) is 11.8 Å². The Morgan fingerprint density at radius 3 is 2.68 bits per heavy atom. The van der Waals surface area contributed by atoms with E-state index >= 15 is 0 Å². The number of carbonyl (C=O) groups is 1. The van der Waals surface area contributed by atoms with E-state index in [-0.39, 0.29) is 17.7 Å². The first-order valence-corrected chi connectivity index (χ1v) is 7.67. The van der Waals surface area contributed by atoms with Gasteiger partial charge in [-0.1, -0.05) is 34.9 Å². The molecule has 0 saturated heterocycles. The third-order valence-corrected chi connectivity index (χ3v) is 3.82. The van der Waals surface area contributed by atoms with Gasteiger partial charge < -0.3 is 9.73 Å². The van der Waals surface area contributed by atoms with Crippen molar-refractivity contribution in [3.63, 3.8) is 0 Å². The summed E-state index contributed by atoms with van der Waals surface area (Å²) in [5, 5.41) is 10.6. The topological polar surface area (TPSA) is 68.0 Å². The van der Waals surface area contributed by atoms with E-state index in [0.29, 0.717) is 11.1 Å². The number of hydrogen-bond donors (Lipinski definition) is 1. The molecule has 0 aliphatic rings. The van der Waals surface area contributed by atoms with E-state index in [1.807, 2.05) is 26.0 Å². The molecular formula is C16H17N3O2S. The molecule has 0 saturated carbocycles. The maximum Gasteiger partial charge on any atom is 0.277 e. The van der Waals surface area contributed by atoms with Gasteiger partial charge in [-0.05, 0) is 32.9 Å². The molecule has 1 atom stereocenters. The first-order valence-electron chi connectivity index (χ1n) is 6.79. The van der Waals surface area contributed by atoms with Crippen LogP contribution in [0.3, 0.4) is 0 Å². The van der Waals surface area contributed by atoms with E-state index in [9.17, 15) is 4.79 Å². The number of hydrogen-bond acceptors (Lipinski definition) is 5. The number of terminal acetylenes is 1. The standard InChI is InChI=1S/C16H17N3O2S/c1-5-6-17-14(20)12(4)22-16-19-18-15(21-16)13-8-10(2)7-11(3)9-13/h1,7-9,12H,6H2,2-4H3,(H,17,20). The van der Waals surface area contributed by atoms with E-state index < -0.39 is 0 Å². The zero-order valence-corrected chi connectivity index (χ0v) is 13.5. The van der Waals surface area contributed by atoms with Gasteiger partial charge in [0.15, 0.2) is 0 Å². The zero-order valence-electron chi connectivity index (χ0n) is 12.7. The third kappa shape index (κ3) is 4.12. The predicted octanol–water partition coefficient (Wildman–Crippen LogP) is 2.58. The Kier molecular flexibility index (Phi) is 5.23. The number of amides is 1. The molecule has 1 amide bonds. The quantitative estimate of drug-likeness (QED) is 0.678. The number of nitrogens with zero attached hydrogens (tertiary/aromatic N) is 2. The summed E-state index contributed by atoms with van der Waals surface area (Å²) in [5.74, 6) is 2.65. The number of benzene rings is 1. The van der Waals surface area contributed by atoms with Crippen LogP contribution < -0.4 is 5.32 Å². The van der Waals surface area contributed by atoms with E-state index in [1.54, 1.807) is 6.92 Å². The first kappa shape index (κ1) is 16.1. The second-order valence-corrected chi connectivity index (χ2v) is 6.22. The molecule has 0 aliphatic carbocycles. The van der Waals surface area contributed by atoms with Gasteiger partial charge in [0.25, 0.3) is 5.22 Å². The number of carbonyl (C=O) groups excluding carboxylic acids is 1. The van der Waals surface area contributed by atoms with Crippen molar-refractivity contribution in [1.29, 1.82) is 0 Å².